The van der Waals surface area contributed by atoms with Crippen molar-refractivity contribution in [1.29, 1.82) is 0 Å². The van der Waals surface area contributed by atoms with Gasteiger partial charge in [-0.1, -0.05) is 13.3 Å². The maximum Gasteiger partial charge on any atom is 0.134 e. The average molecular weight is 168 g/mol. The van der Waals surface area contributed by atoms with Crippen LogP contribution in [-0.4, -0.2) is 20.8 Å². The maximum atomic E-state index is 5.86. The van der Waals surface area contributed by atoms with Crippen molar-refractivity contribution < 1.29 is 0 Å². The third-order valence-electron chi connectivity index (χ3n) is 1.91. The van der Waals surface area contributed by atoms with Crippen LogP contribution >= 0.6 is 0 Å². The Kier molecular flexibility index (Phi) is 3.22. The van der Waals surface area contributed by atoms with Crippen LogP contribution in [0.4, 0.5) is 0 Å². The zero-order chi connectivity index (χ0) is 8.97. The van der Waals surface area contributed by atoms with Crippen molar-refractivity contribution in [1.82, 2.24) is 14.8 Å². The molecule has 1 heterocycles. The minimum absolute atomic E-state index is 0.220. The van der Waals surface area contributed by atoms with Gasteiger partial charge in [-0.2, -0.15) is 0 Å². The summed E-state index contributed by atoms with van der Waals surface area (Å²) in [5, 5.41) is 7.76. The topological polar surface area (TPSA) is 56.7 Å². The van der Waals surface area contributed by atoms with Crippen LogP contribution in [0.1, 0.15) is 25.6 Å². The molecule has 0 fully saturated rings. The van der Waals surface area contributed by atoms with Crippen molar-refractivity contribution in [3.05, 3.63) is 12.2 Å². The molecular weight excluding hydrogens is 152 g/mol. The van der Waals surface area contributed by atoms with Crippen LogP contribution in [0.15, 0.2) is 6.33 Å². The van der Waals surface area contributed by atoms with Gasteiger partial charge in [-0.3, -0.25) is 0 Å². The van der Waals surface area contributed by atoms with Crippen molar-refractivity contribution in [2.75, 3.05) is 0 Å². The van der Waals surface area contributed by atoms with Crippen LogP contribution in [0.2, 0.25) is 0 Å². The molecule has 4 heteroatoms. The first kappa shape index (κ1) is 9.19. The largest absolute Gasteiger partial charge is 0.327 e. The first-order chi connectivity index (χ1) is 5.74. The van der Waals surface area contributed by atoms with E-state index in [9.17, 15) is 0 Å². The summed E-state index contributed by atoms with van der Waals surface area (Å²) in [7, 11) is 1.94. The summed E-state index contributed by atoms with van der Waals surface area (Å²) in [4.78, 5) is 0. The molecule has 0 aliphatic carbocycles. The van der Waals surface area contributed by atoms with Crippen LogP contribution < -0.4 is 5.73 Å². The van der Waals surface area contributed by atoms with Gasteiger partial charge in [-0.05, 0) is 6.42 Å². The summed E-state index contributed by atoms with van der Waals surface area (Å²) < 4.78 is 1.91. The van der Waals surface area contributed by atoms with Crippen molar-refractivity contribution in [2.24, 2.45) is 12.8 Å². The minimum atomic E-state index is 0.220. The number of nitrogens with zero attached hydrogens (tertiary/aromatic N) is 3. The second-order valence-electron chi connectivity index (χ2n) is 3.11. The number of aromatic nitrogens is 3. The number of hydrogen-bond donors (Lipinski definition) is 1. The van der Waals surface area contributed by atoms with E-state index in [1.54, 1.807) is 6.33 Å². The molecule has 4 nitrogen and oxygen atoms in total. The van der Waals surface area contributed by atoms with Crippen molar-refractivity contribution in [3.8, 4) is 0 Å². The summed E-state index contributed by atoms with van der Waals surface area (Å²) in [6, 6.07) is 0.220. The van der Waals surface area contributed by atoms with Gasteiger partial charge in [-0.25, -0.2) is 0 Å². The van der Waals surface area contributed by atoms with Gasteiger partial charge in [0.1, 0.15) is 12.2 Å². The molecule has 0 aliphatic heterocycles. The minimum Gasteiger partial charge on any atom is -0.327 e. The Morgan fingerprint density at radius 3 is 2.92 bits per heavy atom. The molecule has 0 radical (unpaired) electrons. The Balaban J connectivity index is 2.46. The molecule has 0 aliphatic rings. The number of hydrogen-bond acceptors (Lipinski definition) is 3. The van der Waals surface area contributed by atoms with Crippen molar-refractivity contribution >= 4 is 0 Å². The van der Waals surface area contributed by atoms with Gasteiger partial charge in [-0.15, -0.1) is 10.2 Å². The van der Waals surface area contributed by atoms with Gasteiger partial charge in [0.25, 0.3) is 0 Å². The van der Waals surface area contributed by atoms with Gasteiger partial charge in [0, 0.05) is 19.5 Å². The quantitative estimate of drug-likeness (QED) is 0.711. The highest BCUT2D eigenvalue weighted by Gasteiger charge is 2.06. The van der Waals surface area contributed by atoms with E-state index in [-0.39, 0.29) is 6.04 Å². The Morgan fingerprint density at radius 2 is 2.42 bits per heavy atom. The lowest BCUT2D eigenvalue weighted by atomic mass is 10.1. The first-order valence-electron chi connectivity index (χ1n) is 4.32. The monoisotopic (exact) mass is 168 g/mol. The lowest BCUT2D eigenvalue weighted by Crippen LogP contribution is -2.23. The molecular formula is C8H16N4. The molecule has 1 atom stereocenters. The van der Waals surface area contributed by atoms with E-state index < -0.39 is 0 Å². The van der Waals surface area contributed by atoms with Crippen LogP contribution in [0.3, 0.4) is 0 Å². The summed E-state index contributed by atoms with van der Waals surface area (Å²) in [5.74, 6) is 0.968. The van der Waals surface area contributed by atoms with Crippen LogP contribution in [0.25, 0.3) is 0 Å². The molecule has 0 saturated carbocycles. The fourth-order valence-electron chi connectivity index (χ4n) is 1.20. The van der Waals surface area contributed by atoms with E-state index in [2.05, 4.69) is 17.1 Å². The second kappa shape index (κ2) is 4.21. The van der Waals surface area contributed by atoms with E-state index in [4.69, 9.17) is 5.73 Å². The Labute approximate surface area is 72.8 Å². The Morgan fingerprint density at radius 1 is 1.67 bits per heavy atom. The summed E-state index contributed by atoms with van der Waals surface area (Å²) in [6.45, 7) is 2.14. The number of aryl methyl sites for hydroxylation is 1. The highest BCUT2D eigenvalue weighted by Crippen LogP contribution is 2.01. The molecule has 1 aromatic rings. The first-order valence-corrected chi connectivity index (χ1v) is 4.32. The molecule has 0 saturated heterocycles. The van der Waals surface area contributed by atoms with Crippen LogP contribution in [-0.2, 0) is 13.5 Å². The van der Waals surface area contributed by atoms with Gasteiger partial charge in [0.15, 0.2) is 0 Å². The Bertz CT molecular complexity index is 231. The number of nitrogens with two attached hydrogens (primary N) is 1. The van der Waals surface area contributed by atoms with E-state index in [1.165, 1.54) is 0 Å². The fraction of sp³-hybridized carbons (Fsp3) is 0.750. The summed E-state index contributed by atoms with van der Waals surface area (Å²) in [5.41, 5.74) is 5.86. The third-order valence-corrected chi connectivity index (χ3v) is 1.91. The second-order valence-corrected chi connectivity index (χ2v) is 3.11. The molecule has 2 N–H and O–H groups in total. The van der Waals surface area contributed by atoms with E-state index in [1.807, 2.05) is 11.6 Å². The maximum absolute atomic E-state index is 5.86. The molecule has 0 spiro atoms. The summed E-state index contributed by atoms with van der Waals surface area (Å²) in [6.07, 6.45) is 4.70. The van der Waals surface area contributed by atoms with Gasteiger partial charge >= 0.3 is 0 Å². The average Bonchev–Trinajstić information content (AvgIpc) is 2.37. The molecule has 1 rings (SSSR count). The molecule has 0 aromatic carbocycles. The smallest absolute Gasteiger partial charge is 0.134 e. The van der Waals surface area contributed by atoms with Gasteiger partial charge in [0.2, 0.25) is 0 Å². The molecule has 0 amide bonds. The highest BCUT2D eigenvalue weighted by molar-refractivity contribution is 4.88. The summed E-state index contributed by atoms with van der Waals surface area (Å²) >= 11 is 0. The third kappa shape index (κ3) is 2.30. The SMILES string of the molecule is CCCC(N)Cc1nncn1C. The zero-order valence-corrected chi connectivity index (χ0v) is 7.70. The number of rotatable bonds is 4. The highest BCUT2D eigenvalue weighted by atomic mass is 15.2. The molecule has 1 aromatic heterocycles. The van der Waals surface area contributed by atoms with Gasteiger partial charge in [0.05, 0.1) is 0 Å². The van der Waals surface area contributed by atoms with Crippen molar-refractivity contribution in [2.45, 2.75) is 32.2 Å². The predicted molar refractivity (Wildman–Crippen MR) is 47.6 cm³/mol. The predicted octanol–water partition coefficient (Wildman–Crippen LogP) is 0.485. The molecule has 1 unspecified atom stereocenters. The lowest BCUT2D eigenvalue weighted by molar-refractivity contribution is 0.573. The van der Waals surface area contributed by atoms with E-state index in [0.29, 0.717) is 0 Å². The molecule has 68 valence electrons. The Hall–Kier alpha value is -0.900. The lowest BCUT2D eigenvalue weighted by Gasteiger charge is -2.08. The molecule has 12 heavy (non-hydrogen) atoms. The normalized spacial score (nSPS) is 13.2. The van der Waals surface area contributed by atoms with Gasteiger partial charge < -0.3 is 10.3 Å². The van der Waals surface area contributed by atoms with Crippen molar-refractivity contribution in [3.63, 3.8) is 0 Å². The van der Waals surface area contributed by atoms with Crippen LogP contribution in [0, 0.1) is 0 Å². The van der Waals surface area contributed by atoms with Crippen LogP contribution in [0.5, 0.6) is 0 Å². The zero-order valence-electron chi connectivity index (χ0n) is 7.70. The molecule has 0 bridgehead atoms. The standard InChI is InChI=1S/C8H16N4/c1-3-4-7(9)5-8-11-10-6-12(8)2/h6-7H,3-5,9H2,1-2H3. The van der Waals surface area contributed by atoms with E-state index in [0.717, 1.165) is 25.1 Å². The van der Waals surface area contributed by atoms with E-state index >= 15 is 0 Å². The fourth-order valence-corrected chi connectivity index (χ4v) is 1.20.